The van der Waals surface area contributed by atoms with Crippen LogP contribution in [-0.2, 0) is 14.4 Å². The first-order valence-electron chi connectivity index (χ1n) is 5.58. The van der Waals surface area contributed by atoms with Crippen molar-refractivity contribution in [2.75, 3.05) is 18.4 Å². The average molecular weight is 284 g/mol. The van der Waals surface area contributed by atoms with E-state index >= 15 is 0 Å². The maximum atomic E-state index is 11.5. The van der Waals surface area contributed by atoms with Crippen LogP contribution in [0.25, 0.3) is 0 Å². The zero-order valence-corrected chi connectivity index (χ0v) is 11.1. The highest BCUT2D eigenvalue weighted by atomic mass is 35.5. The molecular weight excluding hydrogens is 270 g/mol. The molecule has 19 heavy (non-hydrogen) atoms. The van der Waals surface area contributed by atoms with Gasteiger partial charge in [0.2, 0.25) is 5.91 Å². The van der Waals surface area contributed by atoms with Gasteiger partial charge in [-0.1, -0.05) is 17.7 Å². The van der Waals surface area contributed by atoms with Gasteiger partial charge in [0.1, 0.15) is 0 Å². The van der Waals surface area contributed by atoms with E-state index < -0.39 is 11.8 Å². The van der Waals surface area contributed by atoms with Crippen molar-refractivity contribution in [3.8, 4) is 0 Å². The molecule has 0 heterocycles. The number of nitrogens with one attached hydrogen (secondary N) is 3. The number of hydrogen-bond donors (Lipinski definition) is 3. The van der Waals surface area contributed by atoms with Gasteiger partial charge >= 0.3 is 11.8 Å². The van der Waals surface area contributed by atoms with Crippen LogP contribution in [0.4, 0.5) is 5.69 Å². The molecule has 0 fully saturated rings. The molecule has 0 bridgehead atoms. The van der Waals surface area contributed by atoms with E-state index in [-0.39, 0.29) is 19.0 Å². The van der Waals surface area contributed by atoms with Crippen molar-refractivity contribution in [2.45, 2.75) is 6.92 Å². The van der Waals surface area contributed by atoms with Crippen LogP contribution in [0.15, 0.2) is 24.3 Å². The minimum Gasteiger partial charge on any atom is -0.355 e. The molecule has 0 saturated heterocycles. The summed E-state index contributed by atoms with van der Waals surface area (Å²) in [4.78, 5) is 33.5. The lowest BCUT2D eigenvalue weighted by Crippen LogP contribution is -2.39. The Balaban J connectivity index is 2.36. The normalized spacial score (nSPS) is 9.58. The number of benzene rings is 1. The Labute approximate surface area is 115 Å². The lowest BCUT2D eigenvalue weighted by Gasteiger charge is -2.07. The minimum absolute atomic E-state index is 0.182. The van der Waals surface area contributed by atoms with Crippen molar-refractivity contribution in [3.05, 3.63) is 29.3 Å². The first-order valence-corrected chi connectivity index (χ1v) is 5.96. The highest BCUT2D eigenvalue weighted by Gasteiger charge is 2.12. The minimum atomic E-state index is -0.787. The van der Waals surface area contributed by atoms with Crippen molar-refractivity contribution >= 4 is 35.0 Å². The molecule has 0 aliphatic rings. The Bertz CT molecular complexity index is 491. The maximum Gasteiger partial charge on any atom is 0.313 e. The molecule has 0 atom stereocenters. The van der Waals surface area contributed by atoms with E-state index in [1.54, 1.807) is 18.2 Å². The molecule has 7 heteroatoms. The summed E-state index contributed by atoms with van der Waals surface area (Å²) in [5.74, 6) is -1.76. The fourth-order valence-corrected chi connectivity index (χ4v) is 1.44. The van der Waals surface area contributed by atoms with E-state index in [0.29, 0.717) is 10.7 Å². The van der Waals surface area contributed by atoms with Crippen LogP contribution in [0.2, 0.25) is 5.02 Å². The lowest BCUT2D eigenvalue weighted by molar-refractivity contribution is -0.136. The third-order valence-electron chi connectivity index (χ3n) is 2.07. The van der Waals surface area contributed by atoms with E-state index in [2.05, 4.69) is 16.0 Å². The van der Waals surface area contributed by atoms with E-state index in [9.17, 15) is 14.4 Å². The number of anilines is 1. The molecule has 1 aromatic rings. The summed E-state index contributed by atoms with van der Waals surface area (Å²) in [5, 5.41) is 7.74. The summed E-state index contributed by atoms with van der Waals surface area (Å²) in [6.07, 6.45) is 0. The molecule has 3 amide bonds. The van der Waals surface area contributed by atoms with Crippen molar-refractivity contribution in [1.82, 2.24) is 10.6 Å². The van der Waals surface area contributed by atoms with Gasteiger partial charge in [0, 0.05) is 30.7 Å². The lowest BCUT2D eigenvalue weighted by atomic mass is 10.3. The third kappa shape index (κ3) is 5.87. The van der Waals surface area contributed by atoms with E-state index in [1.807, 2.05) is 0 Å². The Morgan fingerprint density at radius 2 is 1.79 bits per heavy atom. The van der Waals surface area contributed by atoms with Gasteiger partial charge in [0.15, 0.2) is 0 Å². The monoisotopic (exact) mass is 283 g/mol. The Morgan fingerprint density at radius 3 is 2.42 bits per heavy atom. The topological polar surface area (TPSA) is 87.3 Å². The molecule has 0 spiro atoms. The van der Waals surface area contributed by atoms with Gasteiger partial charge in [-0.3, -0.25) is 14.4 Å². The second-order valence-corrected chi connectivity index (χ2v) is 4.14. The van der Waals surface area contributed by atoms with Crippen LogP contribution in [0.3, 0.4) is 0 Å². The van der Waals surface area contributed by atoms with Gasteiger partial charge in [-0.2, -0.15) is 0 Å². The van der Waals surface area contributed by atoms with Crippen molar-refractivity contribution in [3.63, 3.8) is 0 Å². The van der Waals surface area contributed by atoms with Gasteiger partial charge in [-0.15, -0.1) is 0 Å². The van der Waals surface area contributed by atoms with Crippen molar-refractivity contribution in [2.24, 2.45) is 0 Å². The Kier molecular flexibility index (Phi) is 5.81. The number of rotatable bonds is 4. The zero-order chi connectivity index (χ0) is 14.3. The summed E-state index contributed by atoms with van der Waals surface area (Å²) in [6, 6.07) is 6.47. The highest BCUT2D eigenvalue weighted by molar-refractivity contribution is 6.39. The number of amides is 3. The van der Waals surface area contributed by atoms with Gasteiger partial charge in [0.05, 0.1) is 0 Å². The first-order chi connectivity index (χ1) is 8.99. The number of halogens is 1. The molecule has 0 aliphatic heterocycles. The van der Waals surface area contributed by atoms with Crippen molar-refractivity contribution in [1.29, 1.82) is 0 Å². The van der Waals surface area contributed by atoms with Crippen LogP contribution in [0.5, 0.6) is 0 Å². The summed E-state index contributed by atoms with van der Waals surface area (Å²) < 4.78 is 0. The largest absolute Gasteiger partial charge is 0.355 e. The van der Waals surface area contributed by atoms with Gasteiger partial charge in [0.25, 0.3) is 0 Å². The molecule has 0 saturated carbocycles. The van der Waals surface area contributed by atoms with Crippen LogP contribution in [-0.4, -0.2) is 30.8 Å². The molecule has 0 aromatic heterocycles. The standard InChI is InChI=1S/C12H14ClN3O3/c1-8(17)14-5-6-15-11(18)12(19)16-10-4-2-3-9(13)7-10/h2-4,7H,5-6H2,1H3,(H,14,17)(H,15,18)(H,16,19). The van der Waals surface area contributed by atoms with E-state index in [4.69, 9.17) is 11.6 Å². The average Bonchev–Trinajstić information content (AvgIpc) is 2.34. The van der Waals surface area contributed by atoms with Crippen LogP contribution in [0, 0.1) is 0 Å². The summed E-state index contributed by atoms with van der Waals surface area (Å²) in [7, 11) is 0. The second-order valence-electron chi connectivity index (χ2n) is 3.70. The maximum absolute atomic E-state index is 11.5. The fourth-order valence-electron chi connectivity index (χ4n) is 1.25. The molecule has 0 unspecified atom stereocenters. The van der Waals surface area contributed by atoms with Gasteiger partial charge < -0.3 is 16.0 Å². The molecular formula is C12H14ClN3O3. The molecule has 0 aliphatic carbocycles. The molecule has 102 valence electrons. The summed E-state index contributed by atoms with van der Waals surface area (Å²) >= 11 is 5.75. The molecule has 1 aromatic carbocycles. The van der Waals surface area contributed by atoms with Crippen LogP contribution < -0.4 is 16.0 Å². The quantitative estimate of drug-likeness (QED) is 0.556. The molecule has 0 radical (unpaired) electrons. The highest BCUT2D eigenvalue weighted by Crippen LogP contribution is 2.14. The smallest absolute Gasteiger partial charge is 0.313 e. The summed E-state index contributed by atoms with van der Waals surface area (Å²) in [5.41, 5.74) is 0.439. The third-order valence-corrected chi connectivity index (χ3v) is 2.31. The van der Waals surface area contributed by atoms with Crippen molar-refractivity contribution < 1.29 is 14.4 Å². The molecule has 6 nitrogen and oxygen atoms in total. The van der Waals surface area contributed by atoms with Crippen LogP contribution >= 0.6 is 11.6 Å². The number of carbonyl (C=O) groups excluding carboxylic acids is 3. The second kappa shape index (κ2) is 7.38. The molecule has 3 N–H and O–H groups in total. The van der Waals surface area contributed by atoms with E-state index in [0.717, 1.165) is 0 Å². The zero-order valence-electron chi connectivity index (χ0n) is 10.3. The predicted octanol–water partition coefficient (Wildman–Crippen LogP) is 0.531. The Morgan fingerprint density at radius 1 is 1.11 bits per heavy atom. The predicted molar refractivity (Wildman–Crippen MR) is 71.8 cm³/mol. The fraction of sp³-hybridized carbons (Fsp3) is 0.250. The molecule has 1 rings (SSSR count). The first kappa shape index (κ1) is 15.0. The Hall–Kier alpha value is -2.08. The SMILES string of the molecule is CC(=O)NCCNC(=O)C(=O)Nc1cccc(Cl)c1. The number of carbonyl (C=O) groups is 3. The summed E-state index contributed by atoms with van der Waals surface area (Å²) in [6.45, 7) is 1.82. The van der Waals surface area contributed by atoms with E-state index in [1.165, 1.54) is 13.0 Å². The number of hydrogen-bond acceptors (Lipinski definition) is 3. The van der Waals surface area contributed by atoms with Gasteiger partial charge in [-0.25, -0.2) is 0 Å². The van der Waals surface area contributed by atoms with Gasteiger partial charge in [-0.05, 0) is 18.2 Å². The van der Waals surface area contributed by atoms with Crippen LogP contribution in [0.1, 0.15) is 6.92 Å².